The molecule has 1 N–H and O–H groups in total. The zero-order valence-electron chi connectivity index (χ0n) is 15.5. The van der Waals surface area contributed by atoms with Crippen molar-refractivity contribution in [3.63, 3.8) is 0 Å². The lowest BCUT2D eigenvalue weighted by atomic mass is 10.1. The fraction of sp³-hybridized carbons (Fsp3) is 0.286. The van der Waals surface area contributed by atoms with Gasteiger partial charge in [0.2, 0.25) is 15.9 Å². The zero-order chi connectivity index (χ0) is 20.1. The Bertz CT molecular complexity index is 1040. The summed E-state index contributed by atoms with van der Waals surface area (Å²) in [7, 11) is -3.68. The van der Waals surface area contributed by atoms with Crippen LogP contribution in [0, 0.1) is 18.8 Å². The van der Waals surface area contributed by atoms with Gasteiger partial charge in [-0.15, -0.1) is 0 Å². The third kappa shape index (κ3) is 4.93. The molecule has 0 radical (unpaired) electrons. The number of nitrogens with one attached hydrogen (secondary N) is 1. The summed E-state index contributed by atoms with van der Waals surface area (Å²) in [6, 6.07) is 12.1. The Morgan fingerprint density at radius 3 is 2.61 bits per heavy atom. The predicted molar refractivity (Wildman–Crippen MR) is 111 cm³/mol. The summed E-state index contributed by atoms with van der Waals surface area (Å²) in [6.45, 7) is 2.44. The highest BCUT2D eigenvalue weighted by atomic mass is 35.5. The largest absolute Gasteiger partial charge is 0.312 e. The van der Waals surface area contributed by atoms with Crippen LogP contribution in [0.2, 0.25) is 5.02 Å². The van der Waals surface area contributed by atoms with Gasteiger partial charge in [0, 0.05) is 29.2 Å². The molecule has 2 aromatic rings. The van der Waals surface area contributed by atoms with E-state index < -0.39 is 10.0 Å². The van der Waals surface area contributed by atoms with Crippen LogP contribution in [0.3, 0.4) is 0 Å². The monoisotopic (exact) mass is 416 g/mol. The number of amides is 1. The van der Waals surface area contributed by atoms with Crippen LogP contribution in [0.25, 0.3) is 0 Å². The second kappa shape index (κ2) is 8.78. The molecule has 0 spiro atoms. The van der Waals surface area contributed by atoms with Gasteiger partial charge in [-0.05, 0) is 61.7 Å². The van der Waals surface area contributed by atoms with Crippen molar-refractivity contribution >= 4 is 33.2 Å². The van der Waals surface area contributed by atoms with Gasteiger partial charge in [-0.1, -0.05) is 29.5 Å². The SMILES string of the molecule is Cc1ccc(Cl)cc1S(=O)(=O)NCC#Cc1ccc(N2CCCCC2=O)cc1. The molecule has 146 valence electrons. The average molecular weight is 417 g/mol. The fourth-order valence-corrected chi connectivity index (χ4v) is 4.45. The van der Waals surface area contributed by atoms with E-state index in [0.29, 0.717) is 17.0 Å². The quantitative estimate of drug-likeness (QED) is 0.776. The van der Waals surface area contributed by atoms with Gasteiger partial charge in [0.25, 0.3) is 0 Å². The van der Waals surface area contributed by atoms with Crippen LogP contribution in [0.1, 0.15) is 30.4 Å². The molecule has 0 unspecified atom stereocenters. The molecule has 1 aliphatic rings. The molecule has 2 aromatic carbocycles. The van der Waals surface area contributed by atoms with Crippen LogP contribution in [-0.4, -0.2) is 27.4 Å². The molecule has 1 heterocycles. The van der Waals surface area contributed by atoms with E-state index >= 15 is 0 Å². The van der Waals surface area contributed by atoms with E-state index in [-0.39, 0.29) is 17.3 Å². The number of rotatable bonds is 4. The van der Waals surface area contributed by atoms with Crippen molar-refractivity contribution in [3.8, 4) is 11.8 Å². The van der Waals surface area contributed by atoms with E-state index in [2.05, 4.69) is 16.6 Å². The Kier molecular flexibility index (Phi) is 6.40. The van der Waals surface area contributed by atoms with Crippen molar-refractivity contribution in [2.45, 2.75) is 31.1 Å². The summed E-state index contributed by atoms with van der Waals surface area (Å²) in [4.78, 5) is 13.9. The van der Waals surface area contributed by atoms with Crippen LogP contribution in [-0.2, 0) is 14.8 Å². The normalized spacial score (nSPS) is 14.5. The number of carbonyl (C=O) groups excluding carboxylic acids is 1. The molecule has 0 atom stereocenters. The number of hydrogen-bond acceptors (Lipinski definition) is 3. The number of aryl methyl sites for hydroxylation is 1. The van der Waals surface area contributed by atoms with Gasteiger partial charge in [-0.2, -0.15) is 4.72 Å². The second-order valence-electron chi connectivity index (χ2n) is 6.59. The number of sulfonamides is 1. The Morgan fingerprint density at radius 1 is 1.14 bits per heavy atom. The molecule has 0 aliphatic carbocycles. The minimum atomic E-state index is -3.68. The minimum Gasteiger partial charge on any atom is -0.312 e. The molecular formula is C21H21ClN2O3S. The van der Waals surface area contributed by atoms with Crippen LogP contribution in [0.4, 0.5) is 5.69 Å². The van der Waals surface area contributed by atoms with Crippen LogP contribution < -0.4 is 9.62 Å². The molecule has 1 aliphatic heterocycles. The number of halogens is 1. The number of carbonyl (C=O) groups is 1. The Morgan fingerprint density at radius 2 is 1.89 bits per heavy atom. The maximum Gasteiger partial charge on any atom is 0.241 e. The second-order valence-corrected chi connectivity index (χ2v) is 8.76. The average Bonchev–Trinajstić information content (AvgIpc) is 2.68. The van der Waals surface area contributed by atoms with Gasteiger partial charge in [0.05, 0.1) is 11.4 Å². The maximum absolute atomic E-state index is 12.4. The molecule has 1 saturated heterocycles. The molecule has 0 aromatic heterocycles. The first-order valence-corrected chi connectivity index (χ1v) is 10.9. The molecule has 0 bridgehead atoms. The molecule has 7 heteroatoms. The Labute approximate surface area is 170 Å². The summed E-state index contributed by atoms with van der Waals surface area (Å²) in [6.07, 6.45) is 2.55. The van der Waals surface area contributed by atoms with E-state index in [9.17, 15) is 13.2 Å². The highest BCUT2D eigenvalue weighted by Crippen LogP contribution is 2.21. The topological polar surface area (TPSA) is 66.5 Å². The van der Waals surface area contributed by atoms with E-state index in [0.717, 1.165) is 30.6 Å². The van der Waals surface area contributed by atoms with Gasteiger partial charge in [-0.3, -0.25) is 4.79 Å². The molecule has 28 heavy (non-hydrogen) atoms. The predicted octanol–water partition coefficient (Wildman–Crippen LogP) is 3.50. The number of piperidine rings is 1. The first-order chi connectivity index (χ1) is 13.4. The van der Waals surface area contributed by atoms with Gasteiger partial charge in [0.1, 0.15) is 0 Å². The van der Waals surface area contributed by atoms with Gasteiger partial charge in [-0.25, -0.2) is 8.42 Å². The number of anilines is 1. The fourth-order valence-electron chi connectivity index (χ4n) is 3.02. The van der Waals surface area contributed by atoms with Crippen LogP contribution in [0.15, 0.2) is 47.4 Å². The minimum absolute atomic E-state index is 0.0132. The van der Waals surface area contributed by atoms with E-state index in [4.69, 9.17) is 11.6 Å². The molecule has 5 nitrogen and oxygen atoms in total. The van der Waals surface area contributed by atoms with Crippen LogP contribution in [0.5, 0.6) is 0 Å². The van der Waals surface area contributed by atoms with E-state index in [1.165, 1.54) is 6.07 Å². The number of benzene rings is 2. The summed E-state index contributed by atoms with van der Waals surface area (Å²) in [5.41, 5.74) is 2.24. The van der Waals surface area contributed by atoms with Crippen molar-refractivity contribution in [1.82, 2.24) is 4.72 Å². The zero-order valence-corrected chi connectivity index (χ0v) is 17.1. The third-order valence-electron chi connectivity index (χ3n) is 4.53. The molecule has 3 rings (SSSR count). The van der Waals surface area contributed by atoms with Crippen molar-refractivity contribution < 1.29 is 13.2 Å². The van der Waals surface area contributed by atoms with Crippen molar-refractivity contribution in [1.29, 1.82) is 0 Å². The Balaban J connectivity index is 1.63. The summed E-state index contributed by atoms with van der Waals surface area (Å²) in [5, 5.41) is 0.365. The first kappa shape index (κ1) is 20.4. The number of hydrogen-bond donors (Lipinski definition) is 1. The molecular weight excluding hydrogens is 396 g/mol. The summed E-state index contributed by atoms with van der Waals surface area (Å²) < 4.78 is 27.3. The molecule has 0 saturated carbocycles. The highest BCUT2D eigenvalue weighted by molar-refractivity contribution is 7.89. The van der Waals surface area contributed by atoms with Gasteiger partial charge >= 0.3 is 0 Å². The lowest BCUT2D eigenvalue weighted by Gasteiger charge is -2.26. The summed E-state index contributed by atoms with van der Waals surface area (Å²) in [5.74, 6) is 5.89. The highest BCUT2D eigenvalue weighted by Gasteiger charge is 2.19. The van der Waals surface area contributed by atoms with E-state index in [1.54, 1.807) is 24.0 Å². The van der Waals surface area contributed by atoms with Crippen LogP contribution >= 0.6 is 11.6 Å². The first-order valence-electron chi connectivity index (χ1n) is 9.02. The standard InChI is InChI=1S/C21H21ClN2O3S/c1-16-7-10-18(22)15-20(16)28(26,27)23-13-4-5-17-8-11-19(12-9-17)24-14-3-2-6-21(24)25/h7-12,15,23H,2-3,6,13-14H2,1H3. The third-order valence-corrected chi connectivity index (χ3v) is 6.30. The van der Waals surface area contributed by atoms with Crippen molar-refractivity contribution in [3.05, 3.63) is 58.6 Å². The maximum atomic E-state index is 12.4. The van der Waals surface area contributed by atoms with E-state index in [1.807, 2.05) is 24.3 Å². The Hall–Kier alpha value is -2.33. The lowest BCUT2D eigenvalue weighted by molar-refractivity contribution is -0.119. The number of nitrogens with zero attached hydrogens (tertiary/aromatic N) is 1. The smallest absolute Gasteiger partial charge is 0.241 e. The van der Waals surface area contributed by atoms with Gasteiger partial charge < -0.3 is 4.90 Å². The molecule has 1 amide bonds. The molecule has 1 fully saturated rings. The van der Waals surface area contributed by atoms with Gasteiger partial charge in [0.15, 0.2) is 0 Å². The lowest BCUT2D eigenvalue weighted by Crippen LogP contribution is -2.35. The summed E-state index contributed by atoms with van der Waals surface area (Å²) >= 11 is 5.90. The van der Waals surface area contributed by atoms with Crippen molar-refractivity contribution in [2.24, 2.45) is 0 Å². The van der Waals surface area contributed by atoms with Crippen molar-refractivity contribution in [2.75, 3.05) is 18.0 Å².